The van der Waals surface area contributed by atoms with E-state index in [2.05, 4.69) is 4.98 Å². The SMILES string of the molecule is COc1cc2nc(N3CCC(Cc4ccccc4)(C(=O)O)CC3C3CCc4ccccc4C3C(N)=O)[nH]c(=O)c2cc1OC. The highest BCUT2D eigenvalue weighted by Crippen LogP contribution is 2.48. The van der Waals surface area contributed by atoms with Crippen LogP contribution in [-0.2, 0) is 22.4 Å². The lowest BCUT2D eigenvalue weighted by molar-refractivity contribution is -0.151. The number of amides is 1. The first-order chi connectivity index (χ1) is 21.2. The van der Waals surface area contributed by atoms with Gasteiger partial charge in [0.2, 0.25) is 11.9 Å². The smallest absolute Gasteiger partial charge is 0.310 e. The predicted octanol–water partition coefficient (Wildman–Crippen LogP) is 4.05. The van der Waals surface area contributed by atoms with Crippen molar-refractivity contribution in [2.24, 2.45) is 17.1 Å². The molecule has 3 aromatic carbocycles. The number of aromatic nitrogens is 2. The van der Waals surface area contributed by atoms with Crippen LogP contribution in [0.2, 0.25) is 0 Å². The number of carbonyl (C=O) groups is 2. The molecule has 1 saturated heterocycles. The highest BCUT2D eigenvalue weighted by molar-refractivity contribution is 5.84. The zero-order valence-electron chi connectivity index (χ0n) is 24.8. The molecule has 1 fully saturated rings. The Hall–Kier alpha value is -4.86. The van der Waals surface area contributed by atoms with Crippen molar-refractivity contribution >= 4 is 28.7 Å². The van der Waals surface area contributed by atoms with Crippen molar-refractivity contribution in [1.29, 1.82) is 0 Å². The number of nitrogens with zero attached hydrogens (tertiary/aromatic N) is 2. The van der Waals surface area contributed by atoms with Crippen molar-refractivity contribution in [3.05, 3.63) is 93.8 Å². The van der Waals surface area contributed by atoms with Crippen molar-refractivity contribution in [3.8, 4) is 11.5 Å². The van der Waals surface area contributed by atoms with Crippen molar-refractivity contribution in [2.45, 2.75) is 44.1 Å². The molecule has 2 heterocycles. The summed E-state index contributed by atoms with van der Waals surface area (Å²) in [5.41, 5.74) is 7.95. The number of anilines is 1. The van der Waals surface area contributed by atoms with Crippen LogP contribution in [0.15, 0.2) is 71.5 Å². The van der Waals surface area contributed by atoms with Crippen LogP contribution in [0, 0.1) is 11.3 Å². The molecule has 10 heteroatoms. The molecule has 4 aromatic rings. The molecule has 1 aliphatic heterocycles. The molecule has 10 nitrogen and oxygen atoms in total. The number of hydrogen-bond donors (Lipinski definition) is 3. The minimum absolute atomic E-state index is 0.252. The van der Waals surface area contributed by atoms with E-state index in [1.807, 2.05) is 59.5 Å². The molecule has 228 valence electrons. The second-order valence-corrected chi connectivity index (χ2v) is 11.9. The van der Waals surface area contributed by atoms with Crippen LogP contribution in [0.5, 0.6) is 11.5 Å². The van der Waals surface area contributed by atoms with E-state index in [9.17, 15) is 19.5 Å². The zero-order valence-corrected chi connectivity index (χ0v) is 24.8. The van der Waals surface area contributed by atoms with Crippen LogP contribution < -0.4 is 25.7 Å². The molecule has 1 aromatic heterocycles. The second kappa shape index (κ2) is 11.7. The summed E-state index contributed by atoms with van der Waals surface area (Å²) in [6.45, 7) is 0.315. The number of hydrogen-bond acceptors (Lipinski definition) is 7. The number of ether oxygens (including phenoxy) is 2. The number of carbonyl (C=O) groups excluding carboxylic acids is 1. The fourth-order valence-electron chi connectivity index (χ4n) is 7.33. The number of rotatable bonds is 8. The van der Waals surface area contributed by atoms with Gasteiger partial charge in [0, 0.05) is 18.7 Å². The number of nitrogens with one attached hydrogen (secondary N) is 1. The molecule has 0 radical (unpaired) electrons. The summed E-state index contributed by atoms with van der Waals surface area (Å²) in [6.07, 6.45) is 2.28. The van der Waals surface area contributed by atoms with Crippen LogP contribution in [0.3, 0.4) is 0 Å². The van der Waals surface area contributed by atoms with Gasteiger partial charge >= 0.3 is 5.97 Å². The minimum Gasteiger partial charge on any atom is -0.493 e. The summed E-state index contributed by atoms with van der Waals surface area (Å²) in [5.74, 6) is -1.09. The summed E-state index contributed by atoms with van der Waals surface area (Å²) in [6, 6.07) is 20.2. The molecule has 44 heavy (non-hydrogen) atoms. The average molecular weight is 597 g/mol. The molecule has 0 saturated carbocycles. The van der Waals surface area contributed by atoms with Gasteiger partial charge in [-0.25, -0.2) is 4.98 Å². The normalized spacial score (nSPS) is 23.1. The topological polar surface area (TPSA) is 148 Å². The average Bonchev–Trinajstić information content (AvgIpc) is 3.03. The van der Waals surface area contributed by atoms with Crippen molar-refractivity contribution < 1.29 is 24.2 Å². The summed E-state index contributed by atoms with van der Waals surface area (Å²) in [4.78, 5) is 49.5. The van der Waals surface area contributed by atoms with E-state index in [1.54, 1.807) is 12.1 Å². The van der Waals surface area contributed by atoms with E-state index in [-0.39, 0.29) is 17.9 Å². The summed E-state index contributed by atoms with van der Waals surface area (Å²) >= 11 is 0. The van der Waals surface area contributed by atoms with Crippen LogP contribution in [-0.4, -0.2) is 53.8 Å². The molecule has 1 aliphatic carbocycles. The lowest BCUT2D eigenvalue weighted by Gasteiger charge is -2.50. The fourth-order valence-corrected chi connectivity index (χ4v) is 7.33. The minimum atomic E-state index is -1.09. The van der Waals surface area contributed by atoms with Gasteiger partial charge in [0.1, 0.15) is 0 Å². The number of carboxylic acids is 1. The number of aryl methyl sites for hydroxylation is 1. The maximum absolute atomic E-state index is 13.4. The van der Waals surface area contributed by atoms with Crippen LogP contribution in [0.1, 0.15) is 41.9 Å². The van der Waals surface area contributed by atoms with Crippen LogP contribution in [0.25, 0.3) is 10.9 Å². The van der Waals surface area contributed by atoms with Gasteiger partial charge in [-0.15, -0.1) is 0 Å². The maximum atomic E-state index is 13.4. The highest BCUT2D eigenvalue weighted by Gasteiger charge is 2.51. The lowest BCUT2D eigenvalue weighted by Crippen LogP contribution is -2.57. The van der Waals surface area contributed by atoms with Crippen LogP contribution in [0.4, 0.5) is 5.95 Å². The third-order valence-corrected chi connectivity index (χ3v) is 9.51. The molecule has 2 aliphatic rings. The monoisotopic (exact) mass is 596 g/mol. The molecule has 0 spiro atoms. The number of piperidine rings is 1. The van der Waals surface area contributed by atoms with Gasteiger partial charge in [-0.3, -0.25) is 19.4 Å². The van der Waals surface area contributed by atoms with Gasteiger partial charge in [0.05, 0.1) is 36.5 Å². The third-order valence-electron chi connectivity index (χ3n) is 9.51. The Morgan fingerprint density at radius 3 is 2.48 bits per heavy atom. The Kier molecular flexibility index (Phi) is 7.75. The maximum Gasteiger partial charge on any atom is 0.310 e. The second-order valence-electron chi connectivity index (χ2n) is 11.9. The first-order valence-electron chi connectivity index (χ1n) is 14.8. The summed E-state index contributed by atoms with van der Waals surface area (Å²) in [7, 11) is 3.02. The number of aliphatic carboxylic acids is 1. The number of methoxy groups -OCH3 is 2. The quantitative estimate of drug-likeness (QED) is 0.276. The zero-order chi connectivity index (χ0) is 31.0. The fraction of sp³-hybridized carbons (Fsp3) is 0.353. The van der Waals surface area contributed by atoms with Crippen LogP contribution >= 0.6 is 0 Å². The van der Waals surface area contributed by atoms with Gasteiger partial charge in [0.25, 0.3) is 5.56 Å². The van der Waals surface area contributed by atoms with Gasteiger partial charge in [0.15, 0.2) is 11.5 Å². The third kappa shape index (κ3) is 5.14. The molecular formula is C34H36N4O6. The number of nitrogens with two attached hydrogens (primary N) is 1. The predicted molar refractivity (Wildman–Crippen MR) is 166 cm³/mol. The molecule has 1 amide bonds. The largest absolute Gasteiger partial charge is 0.493 e. The number of carboxylic acid groups (broad SMARTS) is 1. The van der Waals surface area contributed by atoms with E-state index in [0.29, 0.717) is 54.2 Å². The molecule has 4 atom stereocenters. The van der Waals surface area contributed by atoms with Gasteiger partial charge in [-0.05, 0) is 60.8 Å². The lowest BCUT2D eigenvalue weighted by atomic mass is 9.64. The molecule has 4 N–H and O–H groups in total. The Labute approximate surface area is 254 Å². The molecular weight excluding hydrogens is 560 g/mol. The Balaban J connectivity index is 1.48. The summed E-state index contributed by atoms with van der Waals surface area (Å²) < 4.78 is 10.8. The number of H-pyrrole nitrogens is 1. The van der Waals surface area contributed by atoms with E-state index in [0.717, 1.165) is 23.1 Å². The van der Waals surface area contributed by atoms with E-state index >= 15 is 0 Å². The number of fused-ring (bicyclic) bond motifs is 2. The number of benzene rings is 3. The van der Waals surface area contributed by atoms with Gasteiger partial charge < -0.3 is 25.2 Å². The van der Waals surface area contributed by atoms with Crippen molar-refractivity contribution in [2.75, 3.05) is 25.7 Å². The van der Waals surface area contributed by atoms with Gasteiger partial charge in [-0.2, -0.15) is 0 Å². The standard InChI is InChI=1S/C34H36N4O6/c1-43-27-16-24-25(17-28(27)44-2)36-33(37-31(24)40)38-15-14-34(32(41)42,18-20-8-4-3-5-9-20)19-26(38)23-13-12-21-10-6-7-11-22(21)29(23)30(35)39/h3-11,16-17,23,26,29H,12-15,18-19H2,1-2H3,(H2,35,39)(H,41,42)(H,36,37,40). The van der Waals surface area contributed by atoms with E-state index in [1.165, 1.54) is 14.2 Å². The number of aromatic amines is 1. The highest BCUT2D eigenvalue weighted by atomic mass is 16.5. The Morgan fingerprint density at radius 1 is 1.07 bits per heavy atom. The molecule has 0 bridgehead atoms. The van der Waals surface area contributed by atoms with E-state index < -0.39 is 29.3 Å². The van der Waals surface area contributed by atoms with Crippen molar-refractivity contribution in [3.63, 3.8) is 0 Å². The molecule has 4 unspecified atom stereocenters. The van der Waals surface area contributed by atoms with E-state index in [4.69, 9.17) is 20.2 Å². The Bertz CT molecular complexity index is 1770. The first-order valence-corrected chi connectivity index (χ1v) is 14.8. The van der Waals surface area contributed by atoms with Crippen molar-refractivity contribution in [1.82, 2.24) is 9.97 Å². The molecule has 6 rings (SSSR count). The first kappa shape index (κ1) is 29.2. The number of primary amides is 1. The Morgan fingerprint density at radius 2 is 1.77 bits per heavy atom. The van der Waals surface area contributed by atoms with Gasteiger partial charge in [-0.1, -0.05) is 54.6 Å². The summed E-state index contributed by atoms with van der Waals surface area (Å²) in [5, 5.41) is 11.1.